The van der Waals surface area contributed by atoms with Crippen LogP contribution in [0.4, 0.5) is 4.39 Å². The molecule has 2 rings (SSSR count). The Kier molecular flexibility index (Phi) is 2.56. The Hall–Kier alpha value is -0.150. The molecule has 0 aliphatic carbocycles. The van der Waals surface area contributed by atoms with Crippen LogP contribution in [-0.2, 0) is 0 Å². The number of piperidine rings is 2. The topological polar surface area (TPSA) is 15.3 Å². The normalized spacial score (nSPS) is 42.5. The summed E-state index contributed by atoms with van der Waals surface area (Å²) in [6.45, 7) is 3.79. The highest BCUT2D eigenvalue weighted by Crippen LogP contribution is 2.37. The molecule has 2 heterocycles. The lowest BCUT2D eigenvalue weighted by Crippen LogP contribution is -2.55. The van der Waals surface area contributed by atoms with Crippen molar-refractivity contribution in [1.82, 2.24) is 10.2 Å². The van der Waals surface area contributed by atoms with Crippen molar-refractivity contribution in [3.8, 4) is 0 Å². The smallest absolute Gasteiger partial charge is 0.109 e. The third-order valence-electron chi connectivity index (χ3n) is 3.52. The molecular formula is C10H19FN2. The SMILES string of the molecule is CN1CCC(F)C2(CCCNC2)C1. The van der Waals surface area contributed by atoms with Crippen LogP contribution in [-0.4, -0.2) is 44.3 Å². The average Bonchev–Trinajstić information content (AvgIpc) is 2.14. The molecule has 2 unspecified atom stereocenters. The minimum atomic E-state index is -0.587. The number of halogens is 1. The second kappa shape index (κ2) is 3.54. The quantitative estimate of drug-likeness (QED) is 0.608. The summed E-state index contributed by atoms with van der Waals surface area (Å²) in [6.07, 6.45) is 2.33. The standard InChI is InChI=1S/C10H19FN2/c1-13-6-3-9(11)10(8-13)4-2-5-12-7-10/h9,12H,2-8H2,1H3. The molecule has 0 aromatic heterocycles. The van der Waals surface area contributed by atoms with Gasteiger partial charge in [0.1, 0.15) is 6.17 Å². The second-order valence-corrected chi connectivity index (χ2v) is 4.64. The highest BCUT2D eigenvalue weighted by molar-refractivity contribution is 4.96. The fourth-order valence-electron chi connectivity index (χ4n) is 2.75. The van der Waals surface area contributed by atoms with Gasteiger partial charge in [0, 0.05) is 25.0 Å². The van der Waals surface area contributed by atoms with Gasteiger partial charge in [-0.3, -0.25) is 0 Å². The van der Waals surface area contributed by atoms with Gasteiger partial charge in [-0.05, 0) is 32.9 Å². The van der Waals surface area contributed by atoms with Crippen molar-refractivity contribution in [3.63, 3.8) is 0 Å². The summed E-state index contributed by atoms with van der Waals surface area (Å²) in [7, 11) is 2.10. The van der Waals surface area contributed by atoms with Crippen LogP contribution < -0.4 is 5.32 Å². The summed E-state index contributed by atoms with van der Waals surface area (Å²) < 4.78 is 13.8. The Morgan fingerprint density at radius 2 is 2.38 bits per heavy atom. The maximum Gasteiger partial charge on any atom is 0.109 e. The summed E-state index contributed by atoms with van der Waals surface area (Å²) in [4.78, 5) is 2.27. The summed E-state index contributed by atoms with van der Waals surface area (Å²) in [5.74, 6) is 0. The van der Waals surface area contributed by atoms with Crippen LogP contribution >= 0.6 is 0 Å². The average molecular weight is 186 g/mol. The lowest BCUT2D eigenvalue weighted by molar-refractivity contribution is -0.00370. The Morgan fingerprint density at radius 1 is 1.54 bits per heavy atom. The van der Waals surface area contributed by atoms with Crippen molar-refractivity contribution in [2.24, 2.45) is 5.41 Å². The fraction of sp³-hybridized carbons (Fsp3) is 1.00. The largest absolute Gasteiger partial charge is 0.316 e. The first-order valence-corrected chi connectivity index (χ1v) is 5.26. The van der Waals surface area contributed by atoms with Gasteiger partial charge in [0.25, 0.3) is 0 Å². The molecular weight excluding hydrogens is 167 g/mol. The maximum absolute atomic E-state index is 13.8. The summed E-state index contributed by atoms with van der Waals surface area (Å²) in [6, 6.07) is 0. The molecule has 2 nitrogen and oxygen atoms in total. The van der Waals surface area contributed by atoms with Crippen molar-refractivity contribution < 1.29 is 4.39 Å². The molecule has 2 aliphatic heterocycles. The molecule has 2 aliphatic rings. The number of hydrogen-bond donors (Lipinski definition) is 1. The Labute approximate surface area is 79.5 Å². The molecule has 2 fully saturated rings. The summed E-state index contributed by atoms with van der Waals surface area (Å²) in [5.41, 5.74) is -0.0642. The minimum absolute atomic E-state index is 0.0642. The van der Waals surface area contributed by atoms with E-state index in [0.29, 0.717) is 0 Å². The fourth-order valence-corrected chi connectivity index (χ4v) is 2.75. The van der Waals surface area contributed by atoms with Crippen LogP contribution in [0.25, 0.3) is 0 Å². The van der Waals surface area contributed by atoms with Gasteiger partial charge in [-0.1, -0.05) is 0 Å². The van der Waals surface area contributed by atoms with Crippen molar-refractivity contribution in [3.05, 3.63) is 0 Å². The molecule has 2 atom stereocenters. The maximum atomic E-state index is 13.8. The van der Waals surface area contributed by atoms with E-state index in [1.807, 2.05) is 0 Å². The van der Waals surface area contributed by atoms with Gasteiger partial charge in [-0.15, -0.1) is 0 Å². The lowest BCUT2D eigenvalue weighted by atomic mass is 9.73. The molecule has 2 saturated heterocycles. The van der Waals surface area contributed by atoms with Crippen LogP contribution in [0.3, 0.4) is 0 Å². The Bertz CT molecular complexity index is 178. The number of alkyl halides is 1. The Morgan fingerprint density at radius 3 is 3.08 bits per heavy atom. The monoisotopic (exact) mass is 186 g/mol. The van der Waals surface area contributed by atoms with Crippen LogP contribution in [0.15, 0.2) is 0 Å². The van der Waals surface area contributed by atoms with E-state index < -0.39 is 6.17 Å². The molecule has 0 bridgehead atoms. The molecule has 3 heteroatoms. The molecule has 0 amide bonds. The molecule has 13 heavy (non-hydrogen) atoms. The highest BCUT2D eigenvalue weighted by atomic mass is 19.1. The zero-order valence-electron chi connectivity index (χ0n) is 8.35. The third kappa shape index (κ3) is 1.72. The number of rotatable bonds is 0. The number of nitrogens with one attached hydrogen (secondary N) is 1. The summed E-state index contributed by atoms with van der Waals surface area (Å²) >= 11 is 0. The molecule has 1 N–H and O–H groups in total. The third-order valence-corrected chi connectivity index (χ3v) is 3.52. The minimum Gasteiger partial charge on any atom is -0.316 e. The van der Waals surface area contributed by atoms with E-state index in [4.69, 9.17) is 0 Å². The van der Waals surface area contributed by atoms with E-state index in [-0.39, 0.29) is 5.41 Å². The predicted octanol–water partition coefficient (Wildman–Crippen LogP) is 1.03. The van der Waals surface area contributed by atoms with E-state index in [9.17, 15) is 4.39 Å². The first kappa shape index (κ1) is 9.41. The molecule has 1 spiro atoms. The van der Waals surface area contributed by atoms with Crippen molar-refractivity contribution >= 4 is 0 Å². The molecule has 0 aromatic rings. The number of likely N-dealkylation sites (tertiary alicyclic amines) is 1. The van der Waals surface area contributed by atoms with Crippen molar-refractivity contribution in [1.29, 1.82) is 0 Å². The Balaban J connectivity index is 2.07. The van der Waals surface area contributed by atoms with Crippen LogP contribution in [0.1, 0.15) is 19.3 Å². The number of nitrogens with zero attached hydrogens (tertiary/aromatic N) is 1. The van der Waals surface area contributed by atoms with Crippen molar-refractivity contribution in [2.75, 3.05) is 33.2 Å². The zero-order valence-corrected chi connectivity index (χ0v) is 8.35. The number of hydrogen-bond acceptors (Lipinski definition) is 2. The van der Waals surface area contributed by atoms with Crippen LogP contribution in [0, 0.1) is 5.41 Å². The van der Waals surface area contributed by atoms with E-state index in [1.165, 1.54) is 0 Å². The first-order chi connectivity index (χ1) is 6.23. The molecule has 0 aromatic carbocycles. The van der Waals surface area contributed by atoms with E-state index in [2.05, 4.69) is 17.3 Å². The predicted molar refractivity (Wildman–Crippen MR) is 51.5 cm³/mol. The van der Waals surface area contributed by atoms with Gasteiger partial charge < -0.3 is 10.2 Å². The first-order valence-electron chi connectivity index (χ1n) is 5.26. The summed E-state index contributed by atoms with van der Waals surface area (Å²) in [5, 5.41) is 3.33. The molecule has 0 radical (unpaired) electrons. The van der Waals surface area contributed by atoms with Gasteiger partial charge in [-0.2, -0.15) is 0 Å². The second-order valence-electron chi connectivity index (χ2n) is 4.64. The van der Waals surface area contributed by atoms with Crippen molar-refractivity contribution in [2.45, 2.75) is 25.4 Å². The van der Waals surface area contributed by atoms with Gasteiger partial charge in [-0.25, -0.2) is 4.39 Å². The zero-order chi connectivity index (χ0) is 9.31. The molecule has 76 valence electrons. The van der Waals surface area contributed by atoms with Crippen LogP contribution in [0.5, 0.6) is 0 Å². The van der Waals surface area contributed by atoms with Gasteiger partial charge in [0.05, 0.1) is 0 Å². The van der Waals surface area contributed by atoms with E-state index >= 15 is 0 Å². The highest BCUT2D eigenvalue weighted by Gasteiger charge is 2.43. The van der Waals surface area contributed by atoms with E-state index in [1.54, 1.807) is 0 Å². The van der Waals surface area contributed by atoms with E-state index in [0.717, 1.165) is 45.4 Å². The molecule has 0 saturated carbocycles. The van der Waals surface area contributed by atoms with Gasteiger partial charge in [0.2, 0.25) is 0 Å². The van der Waals surface area contributed by atoms with Gasteiger partial charge in [0.15, 0.2) is 0 Å². The lowest BCUT2D eigenvalue weighted by Gasteiger charge is -2.46. The van der Waals surface area contributed by atoms with Gasteiger partial charge >= 0.3 is 0 Å². The van der Waals surface area contributed by atoms with Crippen LogP contribution in [0.2, 0.25) is 0 Å².